The molecule has 2 aliphatic heterocycles. The molecule has 60 valence electrons. The topological polar surface area (TPSA) is 41.1 Å². The van der Waals surface area contributed by atoms with Gasteiger partial charge in [0.1, 0.15) is 0 Å². The Balaban J connectivity index is 2.20. The van der Waals surface area contributed by atoms with Crippen molar-refractivity contribution in [3.05, 3.63) is 11.8 Å². The summed E-state index contributed by atoms with van der Waals surface area (Å²) in [6.45, 7) is 0.589. The molecule has 1 fully saturated rings. The fourth-order valence-electron chi connectivity index (χ4n) is 1.34. The standard InChI is InChI=1S/C7H10N2OS/c10-7-5-3-11-2-1-6(5)8-4-9-7/h1,5,8H,2-4H2,(H,9,10). The van der Waals surface area contributed by atoms with Crippen molar-refractivity contribution in [1.29, 1.82) is 0 Å². The smallest absolute Gasteiger partial charge is 0.231 e. The zero-order valence-corrected chi connectivity index (χ0v) is 6.91. The van der Waals surface area contributed by atoms with Crippen molar-refractivity contribution >= 4 is 17.7 Å². The minimum absolute atomic E-state index is 0.0856. The Kier molecular flexibility index (Phi) is 1.77. The molecule has 0 aromatic carbocycles. The number of carbonyl (C=O) groups excluding carboxylic acids is 1. The molecule has 11 heavy (non-hydrogen) atoms. The van der Waals surface area contributed by atoms with E-state index >= 15 is 0 Å². The molecule has 1 atom stereocenters. The lowest BCUT2D eigenvalue weighted by atomic mass is 10.0. The normalized spacial score (nSPS) is 29.6. The van der Waals surface area contributed by atoms with Crippen molar-refractivity contribution in [1.82, 2.24) is 10.6 Å². The lowest BCUT2D eigenvalue weighted by molar-refractivity contribution is -0.124. The van der Waals surface area contributed by atoms with Gasteiger partial charge in [0.15, 0.2) is 0 Å². The van der Waals surface area contributed by atoms with E-state index in [1.807, 2.05) is 11.8 Å². The van der Waals surface area contributed by atoms with Gasteiger partial charge in [-0.1, -0.05) is 6.08 Å². The summed E-state index contributed by atoms with van der Waals surface area (Å²) in [4.78, 5) is 11.2. The fraction of sp³-hybridized carbons (Fsp3) is 0.571. The van der Waals surface area contributed by atoms with Crippen LogP contribution in [0.5, 0.6) is 0 Å². The lowest BCUT2D eigenvalue weighted by Gasteiger charge is -2.29. The molecule has 1 amide bonds. The van der Waals surface area contributed by atoms with Crippen molar-refractivity contribution in [2.75, 3.05) is 18.2 Å². The molecule has 2 aliphatic rings. The Labute approximate surface area is 69.6 Å². The molecule has 2 N–H and O–H groups in total. The van der Waals surface area contributed by atoms with Gasteiger partial charge in [-0.2, -0.15) is 11.8 Å². The van der Waals surface area contributed by atoms with Gasteiger partial charge in [-0.05, 0) is 0 Å². The number of amides is 1. The van der Waals surface area contributed by atoms with Crippen LogP contribution in [0.3, 0.4) is 0 Å². The van der Waals surface area contributed by atoms with Crippen LogP contribution in [0.25, 0.3) is 0 Å². The number of hydrogen-bond donors (Lipinski definition) is 2. The minimum Gasteiger partial charge on any atom is -0.371 e. The van der Waals surface area contributed by atoms with Crippen LogP contribution < -0.4 is 10.6 Å². The molecule has 2 heterocycles. The maximum Gasteiger partial charge on any atom is 0.231 e. The first-order valence-electron chi connectivity index (χ1n) is 3.67. The summed E-state index contributed by atoms with van der Waals surface area (Å²) in [5.74, 6) is 2.21. The summed E-state index contributed by atoms with van der Waals surface area (Å²) in [6.07, 6.45) is 2.11. The van der Waals surface area contributed by atoms with Gasteiger partial charge in [-0.3, -0.25) is 4.79 Å². The van der Waals surface area contributed by atoms with E-state index in [1.54, 1.807) is 0 Å². The van der Waals surface area contributed by atoms with Crippen LogP contribution in [0.15, 0.2) is 11.8 Å². The summed E-state index contributed by atoms with van der Waals surface area (Å²) in [5.41, 5.74) is 1.12. The van der Waals surface area contributed by atoms with Crippen LogP contribution in [0.2, 0.25) is 0 Å². The number of fused-ring (bicyclic) bond motifs is 1. The summed E-state index contributed by atoms with van der Waals surface area (Å²) in [6, 6.07) is 0. The number of carbonyl (C=O) groups is 1. The second kappa shape index (κ2) is 2.77. The van der Waals surface area contributed by atoms with Gasteiger partial charge in [-0.25, -0.2) is 0 Å². The summed E-state index contributed by atoms with van der Waals surface area (Å²) < 4.78 is 0. The molecule has 4 heteroatoms. The molecule has 0 aromatic heterocycles. The molecule has 3 nitrogen and oxygen atoms in total. The van der Waals surface area contributed by atoms with Gasteiger partial charge >= 0.3 is 0 Å². The van der Waals surface area contributed by atoms with E-state index in [2.05, 4.69) is 16.7 Å². The summed E-state index contributed by atoms with van der Waals surface area (Å²) in [7, 11) is 0. The molecule has 0 saturated carbocycles. The highest BCUT2D eigenvalue weighted by Gasteiger charge is 2.27. The van der Waals surface area contributed by atoms with Crippen LogP contribution >= 0.6 is 11.8 Å². The van der Waals surface area contributed by atoms with E-state index in [0.29, 0.717) is 6.67 Å². The third kappa shape index (κ3) is 1.22. The maximum atomic E-state index is 11.2. The van der Waals surface area contributed by atoms with Crippen molar-refractivity contribution < 1.29 is 4.79 Å². The molecule has 1 saturated heterocycles. The third-order valence-corrected chi connectivity index (χ3v) is 2.92. The quantitative estimate of drug-likeness (QED) is 0.534. The Morgan fingerprint density at radius 1 is 1.55 bits per heavy atom. The number of nitrogens with one attached hydrogen (secondary N) is 2. The SMILES string of the molecule is O=C1NCNC2=CCSCC12. The van der Waals surface area contributed by atoms with Crippen molar-refractivity contribution in [3.63, 3.8) is 0 Å². The zero-order valence-electron chi connectivity index (χ0n) is 6.09. The predicted molar refractivity (Wildman–Crippen MR) is 45.0 cm³/mol. The molecular weight excluding hydrogens is 160 g/mol. The van der Waals surface area contributed by atoms with Gasteiger partial charge < -0.3 is 10.6 Å². The second-order valence-electron chi connectivity index (χ2n) is 2.64. The van der Waals surface area contributed by atoms with E-state index in [9.17, 15) is 4.79 Å². The van der Waals surface area contributed by atoms with Crippen molar-refractivity contribution in [2.45, 2.75) is 0 Å². The van der Waals surface area contributed by atoms with Crippen LogP contribution in [0.1, 0.15) is 0 Å². The first-order chi connectivity index (χ1) is 5.38. The third-order valence-electron chi connectivity index (χ3n) is 1.95. The Hall–Kier alpha value is -0.640. The van der Waals surface area contributed by atoms with Crippen molar-refractivity contribution in [2.24, 2.45) is 5.92 Å². The van der Waals surface area contributed by atoms with Crippen LogP contribution in [-0.2, 0) is 4.79 Å². The monoisotopic (exact) mass is 170 g/mol. The van der Waals surface area contributed by atoms with Crippen LogP contribution in [-0.4, -0.2) is 24.1 Å². The fourth-order valence-corrected chi connectivity index (χ4v) is 2.34. The van der Waals surface area contributed by atoms with E-state index in [0.717, 1.165) is 17.2 Å². The molecule has 0 aliphatic carbocycles. The zero-order chi connectivity index (χ0) is 7.68. The summed E-state index contributed by atoms with van der Waals surface area (Å²) >= 11 is 1.81. The van der Waals surface area contributed by atoms with E-state index < -0.39 is 0 Å². The minimum atomic E-state index is 0.0856. The number of hydrogen-bond acceptors (Lipinski definition) is 3. The Bertz CT molecular complexity index is 214. The highest BCUT2D eigenvalue weighted by atomic mass is 32.2. The Morgan fingerprint density at radius 2 is 2.45 bits per heavy atom. The molecule has 0 spiro atoms. The second-order valence-corrected chi connectivity index (χ2v) is 3.72. The summed E-state index contributed by atoms with van der Waals surface area (Å²) in [5, 5.41) is 5.94. The average Bonchev–Trinajstić information content (AvgIpc) is 2.06. The number of thioether (sulfide) groups is 1. The largest absolute Gasteiger partial charge is 0.371 e. The molecule has 1 unspecified atom stereocenters. The molecule has 2 rings (SSSR count). The van der Waals surface area contributed by atoms with Crippen LogP contribution in [0.4, 0.5) is 0 Å². The lowest BCUT2D eigenvalue weighted by Crippen LogP contribution is -2.48. The molecule has 0 radical (unpaired) electrons. The van der Waals surface area contributed by atoms with Crippen LogP contribution in [0, 0.1) is 5.92 Å². The maximum absolute atomic E-state index is 11.2. The van der Waals surface area contributed by atoms with Gasteiger partial charge in [0, 0.05) is 17.2 Å². The average molecular weight is 170 g/mol. The Morgan fingerprint density at radius 3 is 3.27 bits per heavy atom. The number of rotatable bonds is 0. The first kappa shape index (κ1) is 7.03. The van der Waals surface area contributed by atoms with E-state index in [4.69, 9.17) is 0 Å². The molecule has 0 bridgehead atoms. The van der Waals surface area contributed by atoms with Gasteiger partial charge in [0.25, 0.3) is 0 Å². The van der Waals surface area contributed by atoms with Crippen molar-refractivity contribution in [3.8, 4) is 0 Å². The van der Waals surface area contributed by atoms with E-state index in [1.165, 1.54) is 0 Å². The van der Waals surface area contributed by atoms with Gasteiger partial charge in [-0.15, -0.1) is 0 Å². The first-order valence-corrected chi connectivity index (χ1v) is 4.83. The highest BCUT2D eigenvalue weighted by Crippen LogP contribution is 2.23. The van der Waals surface area contributed by atoms with Gasteiger partial charge in [0.2, 0.25) is 5.91 Å². The van der Waals surface area contributed by atoms with E-state index in [-0.39, 0.29) is 11.8 Å². The highest BCUT2D eigenvalue weighted by molar-refractivity contribution is 7.99. The molecule has 0 aromatic rings. The van der Waals surface area contributed by atoms with Gasteiger partial charge in [0.05, 0.1) is 12.6 Å². The molecular formula is C7H10N2OS. The predicted octanol–water partition coefficient (Wildman–Crippen LogP) is -0.0898.